The van der Waals surface area contributed by atoms with Crippen LogP contribution >= 0.6 is 23.2 Å². The molecule has 0 saturated carbocycles. The molecule has 1 heterocycles. The number of ether oxygens (including phenoxy) is 2. The van der Waals surface area contributed by atoms with Crippen molar-refractivity contribution in [3.8, 4) is 11.5 Å². The SMILES string of the molecule is ClCc1c(Cl)cccc1OCC1Cc2ccccc2O1. The molecule has 0 bridgehead atoms. The fourth-order valence-electron chi connectivity index (χ4n) is 2.33. The van der Waals surface area contributed by atoms with Crippen molar-refractivity contribution in [2.24, 2.45) is 0 Å². The molecule has 1 unspecified atom stereocenters. The largest absolute Gasteiger partial charge is 0.489 e. The van der Waals surface area contributed by atoms with E-state index in [0.29, 0.717) is 17.5 Å². The van der Waals surface area contributed by atoms with E-state index in [2.05, 4.69) is 6.07 Å². The Morgan fingerprint density at radius 1 is 1.15 bits per heavy atom. The summed E-state index contributed by atoms with van der Waals surface area (Å²) in [6.07, 6.45) is 0.905. The van der Waals surface area contributed by atoms with Gasteiger partial charge in [0.1, 0.15) is 24.2 Å². The standard InChI is InChI=1S/C16H14Cl2O2/c17-9-13-14(18)5-3-7-16(13)19-10-12-8-11-4-1-2-6-15(11)20-12/h1-7,12H,8-10H2. The number of hydrogen-bond acceptors (Lipinski definition) is 2. The summed E-state index contributed by atoms with van der Waals surface area (Å²) < 4.78 is 11.7. The second-order valence-electron chi connectivity index (χ2n) is 4.71. The lowest BCUT2D eigenvalue weighted by atomic mass is 10.1. The van der Waals surface area contributed by atoms with Gasteiger partial charge < -0.3 is 9.47 Å². The number of fused-ring (bicyclic) bond motifs is 1. The average Bonchev–Trinajstić information content (AvgIpc) is 2.88. The second-order valence-corrected chi connectivity index (χ2v) is 5.39. The number of halogens is 2. The molecule has 2 nitrogen and oxygen atoms in total. The van der Waals surface area contributed by atoms with Crippen molar-refractivity contribution < 1.29 is 9.47 Å². The average molecular weight is 309 g/mol. The Bertz CT molecular complexity index is 588. The predicted octanol–water partition coefficient (Wildman–Crippen LogP) is 4.46. The lowest BCUT2D eigenvalue weighted by Gasteiger charge is -2.15. The van der Waals surface area contributed by atoms with Gasteiger partial charge in [0, 0.05) is 17.0 Å². The number of rotatable bonds is 4. The number of hydrogen-bond donors (Lipinski definition) is 0. The van der Waals surface area contributed by atoms with Crippen molar-refractivity contribution in [2.45, 2.75) is 18.4 Å². The molecule has 104 valence electrons. The third-order valence-electron chi connectivity index (χ3n) is 3.35. The summed E-state index contributed by atoms with van der Waals surface area (Å²) in [5, 5.41) is 0.633. The first-order valence-electron chi connectivity index (χ1n) is 6.48. The lowest BCUT2D eigenvalue weighted by Crippen LogP contribution is -2.22. The molecule has 1 atom stereocenters. The third-order valence-corrected chi connectivity index (χ3v) is 3.97. The van der Waals surface area contributed by atoms with Crippen LogP contribution in [0.5, 0.6) is 11.5 Å². The van der Waals surface area contributed by atoms with Crippen molar-refractivity contribution in [3.63, 3.8) is 0 Å². The summed E-state index contributed by atoms with van der Waals surface area (Å²) in [6.45, 7) is 0.485. The normalized spacial score (nSPS) is 16.6. The molecular formula is C16H14Cl2O2. The van der Waals surface area contributed by atoms with Crippen LogP contribution < -0.4 is 9.47 Å². The van der Waals surface area contributed by atoms with Crippen molar-refractivity contribution in [1.29, 1.82) is 0 Å². The predicted molar refractivity (Wildman–Crippen MR) is 81.1 cm³/mol. The summed E-state index contributed by atoms with van der Waals surface area (Å²) in [6, 6.07) is 13.6. The first kappa shape index (κ1) is 13.6. The molecular weight excluding hydrogens is 295 g/mol. The van der Waals surface area contributed by atoms with Crippen molar-refractivity contribution >= 4 is 23.2 Å². The zero-order valence-electron chi connectivity index (χ0n) is 10.8. The van der Waals surface area contributed by atoms with E-state index in [9.17, 15) is 0 Å². The highest BCUT2D eigenvalue weighted by Crippen LogP contribution is 2.31. The van der Waals surface area contributed by atoms with Gasteiger partial charge in [0.25, 0.3) is 0 Å². The second kappa shape index (κ2) is 5.94. The van der Waals surface area contributed by atoms with Gasteiger partial charge in [-0.05, 0) is 23.8 Å². The monoisotopic (exact) mass is 308 g/mol. The molecule has 1 aliphatic heterocycles. The fourth-order valence-corrected chi connectivity index (χ4v) is 2.91. The first-order chi connectivity index (χ1) is 9.78. The Labute approximate surface area is 128 Å². The summed E-state index contributed by atoms with van der Waals surface area (Å²) in [5.74, 6) is 2.01. The molecule has 1 aliphatic rings. The molecule has 20 heavy (non-hydrogen) atoms. The van der Waals surface area contributed by atoms with E-state index in [4.69, 9.17) is 32.7 Å². The smallest absolute Gasteiger partial charge is 0.137 e. The van der Waals surface area contributed by atoms with Gasteiger partial charge in [0.15, 0.2) is 0 Å². The van der Waals surface area contributed by atoms with E-state index in [0.717, 1.165) is 23.5 Å². The molecule has 0 spiro atoms. The Kier molecular flexibility index (Phi) is 4.04. The maximum atomic E-state index is 6.10. The summed E-state index contributed by atoms with van der Waals surface area (Å²) in [7, 11) is 0. The van der Waals surface area contributed by atoms with Crippen LogP contribution in [0.25, 0.3) is 0 Å². The molecule has 0 aromatic heterocycles. The minimum Gasteiger partial charge on any atom is -0.489 e. The molecule has 2 aromatic rings. The Morgan fingerprint density at radius 3 is 2.80 bits per heavy atom. The van der Waals surface area contributed by atoms with Crippen LogP contribution in [0.2, 0.25) is 5.02 Å². The lowest BCUT2D eigenvalue weighted by molar-refractivity contribution is 0.148. The Morgan fingerprint density at radius 2 is 2.00 bits per heavy atom. The van der Waals surface area contributed by atoms with Gasteiger partial charge >= 0.3 is 0 Å². The molecule has 3 rings (SSSR count). The highest BCUT2D eigenvalue weighted by molar-refractivity contribution is 6.32. The van der Waals surface area contributed by atoms with Gasteiger partial charge in [-0.25, -0.2) is 0 Å². The van der Waals surface area contributed by atoms with Crippen LogP contribution in [0.15, 0.2) is 42.5 Å². The molecule has 0 aliphatic carbocycles. The van der Waals surface area contributed by atoms with Crippen molar-refractivity contribution in [3.05, 3.63) is 58.6 Å². The van der Waals surface area contributed by atoms with E-state index in [1.165, 1.54) is 5.56 Å². The van der Waals surface area contributed by atoms with Gasteiger partial charge in [-0.1, -0.05) is 35.9 Å². The van der Waals surface area contributed by atoms with E-state index in [1.807, 2.05) is 36.4 Å². The van der Waals surface area contributed by atoms with Crippen LogP contribution in [-0.4, -0.2) is 12.7 Å². The third kappa shape index (κ3) is 2.72. The molecule has 0 N–H and O–H groups in total. The molecule has 2 aromatic carbocycles. The van der Waals surface area contributed by atoms with E-state index >= 15 is 0 Å². The maximum absolute atomic E-state index is 6.10. The van der Waals surface area contributed by atoms with E-state index < -0.39 is 0 Å². The summed E-state index contributed by atoms with van der Waals surface area (Å²) in [5.41, 5.74) is 2.05. The topological polar surface area (TPSA) is 18.5 Å². The quantitative estimate of drug-likeness (QED) is 0.776. The van der Waals surface area contributed by atoms with Gasteiger partial charge in [-0.3, -0.25) is 0 Å². The summed E-state index contributed by atoms with van der Waals surface area (Å²) >= 11 is 12.0. The molecule has 0 radical (unpaired) electrons. The Hall–Kier alpha value is -1.38. The maximum Gasteiger partial charge on any atom is 0.137 e. The first-order valence-corrected chi connectivity index (χ1v) is 7.40. The zero-order chi connectivity index (χ0) is 13.9. The fraction of sp³-hybridized carbons (Fsp3) is 0.250. The zero-order valence-corrected chi connectivity index (χ0v) is 12.3. The minimum absolute atomic E-state index is 0.0366. The van der Waals surface area contributed by atoms with Crippen LogP contribution in [-0.2, 0) is 12.3 Å². The van der Waals surface area contributed by atoms with Crippen LogP contribution in [0.1, 0.15) is 11.1 Å². The van der Waals surface area contributed by atoms with Crippen LogP contribution in [0.4, 0.5) is 0 Å². The van der Waals surface area contributed by atoms with Gasteiger partial charge in [-0.2, -0.15) is 0 Å². The van der Waals surface area contributed by atoms with Crippen LogP contribution in [0.3, 0.4) is 0 Å². The molecule has 0 saturated heterocycles. The van der Waals surface area contributed by atoms with Crippen molar-refractivity contribution in [1.82, 2.24) is 0 Å². The minimum atomic E-state index is 0.0366. The van der Waals surface area contributed by atoms with Gasteiger partial charge in [0.2, 0.25) is 0 Å². The van der Waals surface area contributed by atoms with E-state index in [1.54, 1.807) is 0 Å². The van der Waals surface area contributed by atoms with Crippen molar-refractivity contribution in [2.75, 3.05) is 6.61 Å². The molecule has 0 fully saturated rings. The number of para-hydroxylation sites is 1. The number of benzene rings is 2. The molecule has 0 amide bonds. The number of alkyl halides is 1. The highest BCUT2D eigenvalue weighted by atomic mass is 35.5. The molecule has 4 heteroatoms. The summed E-state index contributed by atoms with van der Waals surface area (Å²) in [4.78, 5) is 0. The van der Waals surface area contributed by atoms with E-state index in [-0.39, 0.29) is 6.10 Å². The van der Waals surface area contributed by atoms with Gasteiger partial charge in [-0.15, -0.1) is 11.6 Å². The van der Waals surface area contributed by atoms with Gasteiger partial charge in [0.05, 0.1) is 5.88 Å². The van der Waals surface area contributed by atoms with Crippen LogP contribution in [0, 0.1) is 0 Å². The highest BCUT2D eigenvalue weighted by Gasteiger charge is 2.23. The Balaban J connectivity index is 1.66.